The molecule has 0 unspecified atom stereocenters. The second-order valence-corrected chi connectivity index (χ2v) is 16.4. The van der Waals surface area contributed by atoms with Crippen LogP contribution in [0.25, 0.3) is 0 Å². The number of carbonyl (C=O) groups is 1. The van der Waals surface area contributed by atoms with E-state index in [1.54, 1.807) is 25.1 Å². The summed E-state index contributed by atoms with van der Waals surface area (Å²) in [5, 5.41) is 12.1. The maximum absolute atomic E-state index is 13.4. The molecule has 0 radical (unpaired) electrons. The zero-order valence-electron chi connectivity index (χ0n) is 25.9. The van der Waals surface area contributed by atoms with Gasteiger partial charge < -0.3 is 14.7 Å². The molecule has 2 heterocycles. The smallest absolute Gasteiger partial charge is 0.264 e. The highest BCUT2D eigenvalue weighted by Crippen LogP contribution is 2.49. The van der Waals surface area contributed by atoms with Crippen molar-refractivity contribution in [3.05, 3.63) is 70.8 Å². The van der Waals surface area contributed by atoms with E-state index in [0.717, 1.165) is 42.8 Å². The topological polar surface area (TPSA) is 95.9 Å². The Balaban J connectivity index is 1.44. The number of aliphatic hydroxyl groups is 1. The fourth-order valence-corrected chi connectivity index (χ4v) is 9.78. The largest absolute Gasteiger partial charge is 0.490 e. The summed E-state index contributed by atoms with van der Waals surface area (Å²) in [6.07, 6.45) is 9.17. The first-order valence-electron chi connectivity index (χ1n) is 16.1. The van der Waals surface area contributed by atoms with E-state index in [-0.39, 0.29) is 28.7 Å². The van der Waals surface area contributed by atoms with Crippen LogP contribution in [0.15, 0.2) is 49.1 Å². The number of hydrogen-bond acceptors (Lipinski definition) is 6. The van der Waals surface area contributed by atoms with E-state index in [1.807, 2.05) is 19.1 Å². The third-order valence-corrected chi connectivity index (χ3v) is 13.3. The zero-order valence-corrected chi connectivity index (χ0v) is 27.4. The number of nitrogens with one attached hydrogen (secondary N) is 1. The lowest BCUT2D eigenvalue weighted by molar-refractivity contribution is -0.0862. The number of sulfonamides is 1. The lowest BCUT2D eigenvalue weighted by atomic mass is 9.62. The van der Waals surface area contributed by atoms with E-state index in [0.29, 0.717) is 51.1 Å². The first kappa shape index (κ1) is 31.4. The van der Waals surface area contributed by atoms with Crippen molar-refractivity contribution in [2.45, 2.75) is 87.9 Å². The molecular weight excluding hydrogens is 596 g/mol. The summed E-state index contributed by atoms with van der Waals surface area (Å²) in [6, 6.07) is 11.4. The summed E-state index contributed by atoms with van der Waals surface area (Å²) in [4.78, 5) is 15.8. The van der Waals surface area contributed by atoms with Gasteiger partial charge in [0.15, 0.2) is 0 Å². The highest BCUT2D eigenvalue weighted by atomic mass is 35.5. The predicted molar refractivity (Wildman–Crippen MR) is 175 cm³/mol. The standard InChI is InChI=1S/C35H45ClN2O5S/c1-4-15-35(40)17-5-7-23(2)24(3)44(41,42)37-33(39)26-10-14-32-31(19-26)38(20-27-9-12-30(27)35)21-34(22-43-32)16-6-8-25-18-28(36)11-13-29(25)34/h4,10-11,13-14,18-19,23-24,27,30,40H,1,5-9,12,15-17,20-22H2,2-3H3,(H,37,39)/t23-,24+,27-,30+,34-,35-/m0/s1. The molecule has 9 heteroatoms. The molecule has 4 aliphatic rings. The molecule has 0 aromatic heterocycles. The van der Waals surface area contributed by atoms with Gasteiger partial charge in [-0.3, -0.25) is 4.79 Å². The molecule has 44 heavy (non-hydrogen) atoms. The molecule has 2 aromatic carbocycles. The molecule has 2 aliphatic heterocycles. The number of hydrogen-bond donors (Lipinski definition) is 2. The molecule has 238 valence electrons. The number of ether oxygens (including phenoxy) is 1. The number of anilines is 1. The Morgan fingerprint density at radius 1 is 1.14 bits per heavy atom. The van der Waals surface area contributed by atoms with Crippen molar-refractivity contribution in [2.24, 2.45) is 17.8 Å². The fraction of sp³-hybridized carbons (Fsp3) is 0.571. The van der Waals surface area contributed by atoms with Crippen LogP contribution in [0, 0.1) is 17.8 Å². The average molecular weight is 641 g/mol. The number of amides is 1. The van der Waals surface area contributed by atoms with Gasteiger partial charge in [0.25, 0.3) is 5.91 Å². The molecule has 2 N–H and O–H groups in total. The fourth-order valence-electron chi connectivity index (χ4n) is 8.27. The predicted octanol–water partition coefficient (Wildman–Crippen LogP) is 6.41. The summed E-state index contributed by atoms with van der Waals surface area (Å²) in [5.41, 5.74) is 2.42. The van der Waals surface area contributed by atoms with Gasteiger partial charge in [-0.1, -0.05) is 37.1 Å². The summed E-state index contributed by atoms with van der Waals surface area (Å²) in [6.45, 7) is 9.42. The van der Waals surface area contributed by atoms with Crippen molar-refractivity contribution >= 4 is 33.2 Å². The Bertz CT molecular complexity index is 1550. The number of nitrogens with zero attached hydrogens (tertiary/aromatic N) is 1. The lowest BCUT2D eigenvalue weighted by Crippen LogP contribution is -2.53. The average Bonchev–Trinajstić information content (AvgIpc) is 3.11. The summed E-state index contributed by atoms with van der Waals surface area (Å²) in [5.74, 6) is 0.245. The van der Waals surface area contributed by atoms with Gasteiger partial charge in [0.2, 0.25) is 10.0 Å². The Morgan fingerprint density at radius 2 is 1.95 bits per heavy atom. The molecular formula is C35H45ClN2O5S. The summed E-state index contributed by atoms with van der Waals surface area (Å²) >= 11 is 6.41. The van der Waals surface area contributed by atoms with Crippen LogP contribution in [-0.4, -0.2) is 50.0 Å². The number of halogens is 1. The zero-order chi connectivity index (χ0) is 31.3. The van der Waals surface area contributed by atoms with Crippen molar-refractivity contribution in [2.75, 3.05) is 24.6 Å². The van der Waals surface area contributed by atoms with E-state index in [9.17, 15) is 18.3 Å². The lowest BCUT2D eigenvalue weighted by Gasteiger charge is -2.50. The van der Waals surface area contributed by atoms with Crippen LogP contribution >= 0.6 is 11.6 Å². The summed E-state index contributed by atoms with van der Waals surface area (Å²) < 4.78 is 35.5. The molecule has 0 saturated heterocycles. The molecule has 1 saturated carbocycles. The van der Waals surface area contributed by atoms with Crippen LogP contribution in [0.2, 0.25) is 5.02 Å². The normalized spacial score (nSPS) is 33.5. The SMILES string of the molecule is C=CC[C@]1(O)CCC[C@H](C)[C@@H](C)S(=O)(=O)NC(=O)c2ccc3c(c2)N(C[C@@H]2CC[C@H]21)C[C@@]1(CCCc2cc(Cl)ccc21)CO3. The van der Waals surface area contributed by atoms with Crippen LogP contribution in [-0.2, 0) is 21.9 Å². The van der Waals surface area contributed by atoms with Gasteiger partial charge in [0, 0.05) is 29.1 Å². The van der Waals surface area contributed by atoms with Gasteiger partial charge in [-0.15, -0.1) is 6.58 Å². The van der Waals surface area contributed by atoms with Gasteiger partial charge >= 0.3 is 0 Å². The molecule has 1 amide bonds. The van der Waals surface area contributed by atoms with Crippen LogP contribution in [0.5, 0.6) is 5.75 Å². The minimum absolute atomic E-state index is 0.109. The first-order chi connectivity index (χ1) is 20.9. The van der Waals surface area contributed by atoms with Gasteiger partial charge in [-0.2, -0.15) is 0 Å². The van der Waals surface area contributed by atoms with Crippen molar-refractivity contribution < 1.29 is 23.1 Å². The second-order valence-electron chi connectivity index (χ2n) is 13.9. The van der Waals surface area contributed by atoms with E-state index >= 15 is 0 Å². The maximum Gasteiger partial charge on any atom is 0.264 e. The molecule has 7 nitrogen and oxygen atoms in total. The minimum Gasteiger partial charge on any atom is -0.490 e. The monoisotopic (exact) mass is 640 g/mol. The van der Waals surface area contributed by atoms with E-state index in [2.05, 4.69) is 28.3 Å². The highest BCUT2D eigenvalue weighted by Gasteiger charge is 2.48. The number of aryl methyl sites for hydroxylation is 1. The Labute approximate surface area is 267 Å². The highest BCUT2D eigenvalue weighted by molar-refractivity contribution is 7.90. The number of fused-ring (bicyclic) bond motifs is 4. The number of carbonyl (C=O) groups excluding carboxylic acids is 1. The summed E-state index contributed by atoms with van der Waals surface area (Å²) in [7, 11) is -3.92. The van der Waals surface area contributed by atoms with Crippen molar-refractivity contribution in [3.63, 3.8) is 0 Å². The van der Waals surface area contributed by atoms with Crippen molar-refractivity contribution in [1.29, 1.82) is 0 Å². The third-order valence-electron chi connectivity index (χ3n) is 11.2. The maximum atomic E-state index is 13.4. The molecule has 1 spiro atoms. The van der Waals surface area contributed by atoms with Crippen molar-refractivity contribution in [1.82, 2.24) is 4.72 Å². The minimum atomic E-state index is -3.92. The van der Waals surface area contributed by atoms with Gasteiger partial charge in [-0.05, 0) is 118 Å². The van der Waals surface area contributed by atoms with E-state index in [4.69, 9.17) is 16.3 Å². The Kier molecular flexibility index (Phi) is 8.57. The molecule has 2 bridgehead atoms. The number of rotatable bonds is 2. The van der Waals surface area contributed by atoms with Crippen molar-refractivity contribution in [3.8, 4) is 5.75 Å². The molecule has 1 fully saturated rings. The Hall–Kier alpha value is -2.55. The van der Waals surface area contributed by atoms with Crippen LogP contribution in [0.3, 0.4) is 0 Å². The number of benzene rings is 2. The van der Waals surface area contributed by atoms with Gasteiger partial charge in [-0.25, -0.2) is 13.1 Å². The van der Waals surface area contributed by atoms with E-state index < -0.39 is 26.8 Å². The van der Waals surface area contributed by atoms with Gasteiger partial charge in [0.1, 0.15) is 5.75 Å². The molecule has 6 rings (SSSR count). The van der Waals surface area contributed by atoms with E-state index in [1.165, 1.54) is 11.1 Å². The van der Waals surface area contributed by atoms with Crippen LogP contribution in [0.4, 0.5) is 5.69 Å². The van der Waals surface area contributed by atoms with Crippen LogP contribution in [0.1, 0.15) is 86.7 Å². The third kappa shape index (κ3) is 5.78. The second kappa shape index (κ2) is 12.0. The molecule has 2 aromatic rings. The quantitative estimate of drug-likeness (QED) is 0.368. The molecule has 2 aliphatic carbocycles. The molecule has 6 atom stereocenters. The van der Waals surface area contributed by atoms with Crippen LogP contribution < -0.4 is 14.4 Å². The van der Waals surface area contributed by atoms with Gasteiger partial charge in [0.05, 0.1) is 23.1 Å². The first-order valence-corrected chi connectivity index (χ1v) is 18.1. The Morgan fingerprint density at radius 3 is 2.70 bits per heavy atom.